The molecule has 0 aliphatic heterocycles. The van der Waals surface area contributed by atoms with Gasteiger partial charge in [0.25, 0.3) is 5.91 Å². The first-order chi connectivity index (χ1) is 7.94. The van der Waals surface area contributed by atoms with Crippen LogP contribution >= 0.6 is 0 Å². The Morgan fingerprint density at radius 1 is 1.65 bits per heavy atom. The molecule has 0 radical (unpaired) electrons. The summed E-state index contributed by atoms with van der Waals surface area (Å²) in [5, 5.41) is 12.8. The van der Waals surface area contributed by atoms with Crippen LogP contribution in [0.25, 0.3) is 0 Å². The van der Waals surface area contributed by atoms with Crippen LogP contribution in [-0.2, 0) is 0 Å². The Balaban J connectivity index is 2.62. The summed E-state index contributed by atoms with van der Waals surface area (Å²) in [6.07, 6.45) is 3.09. The maximum Gasteiger partial charge on any atom is 0.271 e. The average Bonchev–Trinajstić information content (AvgIpc) is 2.28. The third-order valence-electron chi connectivity index (χ3n) is 2.15. The Bertz CT molecular complexity index is 428. The van der Waals surface area contributed by atoms with E-state index in [1.807, 2.05) is 20.8 Å². The molecule has 0 atom stereocenters. The van der Waals surface area contributed by atoms with E-state index in [-0.39, 0.29) is 12.5 Å². The highest BCUT2D eigenvalue weighted by Crippen LogP contribution is 2.08. The molecule has 0 aromatic carbocycles. The fourth-order valence-electron chi connectivity index (χ4n) is 1.06. The number of pyridine rings is 1. The lowest BCUT2D eigenvalue weighted by Crippen LogP contribution is -2.23. The van der Waals surface area contributed by atoms with Crippen molar-refractivity contribution in [2.24, 2.45) is 10.5 Å². The summed E-state index contributed by atoms with van der Waals surface area (Å²) in [5.74, 6) is -0.291. The summed E-state index contributed by atoms with van der Waals surface area (Å²) in [6.45, 7) is 5.42. The molecule has 1 aromatic heterocycles. The summed E-state index contributed by atoms with van der Waals surface area (Å²) in [6, 6.07) is 3.30. The molecule has 5 heteroatoms. The molecule has 1 amide bonds. The molecule has 1 aromatic rings. The van der Waals surface area contributed by atoms with Gasteiger partial charge in [0.05, 0.1) is 6.61 Å². The van der Waals surface area contributed by atoms with Gasteiger partial charge in [-0.3, -0.25) is 9.78 Å². The van der Waals surface area contributed by atoms with Crippen LogP contribution in [0.2, 0.25) is 0 Å². The smallest absolute Gasteiger partial charge is 0.271 e. The second-order valence-electron chi connectivity index (χ2n) is 4.53. The number of aliphatic hydroxyl groups excluding tert-OH is 1. The number of rotatable bonds is 4. The molecule has 0 saturated heterocycles. The van der Waals surface area contributed by atoms with Crippen LogP contribution in [0.4, 0.5) is 0 Å². The van der Waals surface area contributed by atoms with Crippen LogP contribution in [0.15, 0.2) is 23.4 Å². The minimum Gasteiger partial charge on any atom is -0.395 e. The standard InChI is InChI=1S/C12H17N3O2/c1-9-6-10(4-5-13-9)11(17)15-14-7-12(2,3)8-16/h4-7,16H,8H2,1-3H3,(H,15,17)/b14-7+. The molecule has 17 heavy (non-hydrogen) atoms. The van der Waals surface area contributed by atoms with Crippen LogP contribution in [0.3, 0.4) is 0 Å². The van der Waals surface area contributed by atoms with E-state index in [9.17, 15) is 4.79 Å². The summed E-state index contributed by atoms with van der Waals surface area (Å²) < 4.78 is 0. The van der Waals surface area contributed by atoms with Gasteiger partial charge in [0.15, 0.2) is 0 Å². The number of nitrogens with zero attached hydrogens (tertiary/aromatic N) is 2. The number of nitrogens with one attached hydrogen (secondary N) is 1. The first-order valence-electron chi connectivity index (χ1n) is 5.33. The number of aryl methyl sites for hydroxylation is 1. The minimum atomic E-state index is -0.443. The predicted octanol–water partition coefficient (Wildman–Crippen LogP) is 1.12. The Kier molecular flexibility index (Phi) is 4.34. The molecule has 5 nitrogen and oxygen atoms in total. The van der Waals surface area contributed by atoms with Crippen molar-refractivity contribution in [1.29, 1.82) is 0 Å². The summed E-state index contributed by atoms with van der Waals surface area (Å²) >= 11 is 0. The SMILES string of the molecule is Cc1cc(C(=O)N/N=C/C(C)(C)CO)ccn1. The van der Waals surface area contributed by atoms with Crippen molar-refractivity contribution in [2.45, 2.75) is 20.8 Å². The van der Waals surface area contributed by atoms with Gasteiger partial charge in [-0.25, -0.2) is 5.43 Å². The van der Waals surface area contributed by atoms with Crippen LogP contribution < -0.4 is 5.43 Å². The molecule has 92 valence electrons. The Labute approximate surface area is 101 Å². The summed E-state index contributed by atoms with van der Waals surface area (Å²) in [7, 11) is 0. The third kappa shape index (κ3) is 4.32. The molecule has 1 rings (SSSR count). The van der Waals surface area contributed by atoms with Crippen LogP contribution in [0.5, 0.6) is 0 Å². The van der Waals surface area contributed by atoms with Gasteiger partial charge in [-0.2, -0.15) is 5.10 Å². The number of carbonyl (C=O) groups excluding carboxylic acids is 1. The van der Waals surface area contributed by atoms with Gasteiger partial charge in [-0.05, 0) is 19.1 Å². The molecule has 0 saturated carbocycles. The van der Waals surface area contributed by atoms with Gasteiger partial charge in [-0.15, -0.1) is 0 Å². The zero-order valence-corrected chi connectivity index (χ0v) is 10.3. The van der Waals surface area contributed by atoms with E-state index in [1.165, 1.54) is 6.21 Å². The van der Waals surface area contributed by atoms with Crippen molar-refractivity contribution in [3.8, 4) is 0 Å². The van der Waals surface area contributed by atoms with Gasteiger partial charge < -0.3 is 5.11 Å². The lowest BCUT2D eigenvalue weighted by Gasteiger charge is -2.14. The minimum absolute atomic E-state index is 0.0270. The largest absolute Gasteiger partial charge is 0.395 e. The molecule has 0 bridgehead atoms. The molecule has 0 aliphatic carbocycles. The van der Waals surface area contributed by atoms with Gasteiger partial charge in [-0.1, -0.05) is 13.8 Å². The average molecular weight is 235 g/mol. The highest BCUT2D eigenvalue weighted by Gasteiger charge is 2.13. The van der Waals surface area contributed by atoms with Crippen molar-refractivity contribution in [3.05, 3.63) is 29.6 Å². The van der Waals surface area contributed by atoms with E-state index < -0.39 is 5.41 Å². The second kappa shape index (κ2) is 5.54. The molecule has 0 aliphatic rings. The molecular weight excluding hydrogens is 218 g/mol. The Morgan fingerprint density at radius 2 is 2.35 bits per heavy atom. The first kappa shape index (κ1) is 13.3. The van der Waals surface area contributed by atoms with Gasteiger partial charge in [0.1, 0.15) is 0 Å². The van der Waals surface area contributed by atoms with E-state index >= 15 is 0 Å². The molecule has 0 fully saturated rings. The zero-order valence-electron chi connectivity index (χ0n) is 10.3. The van der Waals surface area contributed by atoms with Gasteiger partial charge >= 0.3 is 0 Å². The number of hydrogen-bond donors (Lipinski definition) is 2. The van der Waals surface area contributed by atoms with Crippen molar-refractivity contribution in [3.63, 3.8) is 0 Å². The molecule has 0 spiro atoms. The number of carbonyl (C=O) groups is 1. The van der Waals surface area contributed by atoms with E-state index in [1.54, 1.807) is 18.3 Å². The highest BCUT2D eigenvalue weighted by atomic mass is 16.3. The first-order valence-corrected chi connectivity index (χ1v) is 5.33. The van der Waals surface area contributed by atoms with Crippen molar-refractivity contribution >= 4 is 12.1 Å². The van der Waals surface area contributed by atoms with E-state index in [2.05, 4.69) is 15.5 Å². The topological polar surface area (TPSA) is 74.6 Å². The van der Waals surface area contributed by atoms with Crippen LogP contribution in [0, 0.1) is 12.3 Å². The highest BCUT2D eigenvalue weighted by molar-refractivity contribution is 5.94. The predicted molar refractivity (Wildman–Crippen MR) is 65.8 cm³/mol. The Hall–Kier alpha value is -1.75. The van der Waals surface area contributed by atoms with E-state index in [0.717, 1.165) is 5.69 Å². The second-order valence-corrected chi connectivity index (χ2v) is 4.53. The fourth-order valence-corrected chi connectivity index (χ4v) is 1.06. The number of amides is 1. The van der Waals surface area contributed by atoms with Crippen LogP contribution in [-0.4, -0.2) is 28.8 Å². The monoisotopic (exact) mass is 235 g/mol. The fraction of sp³-hybridized carbons (Fsp3) is 0.417. The maximum atomic E-state index is 11.7. The molecule has 2 N–H and O–H groups in total. The van der Waals surface area contributed by atoms with Gasteiger partial charge in [0.2, 0.25) is 0 Å². The molecular formula is C12H17N3O2. The lowest BCUT2D eigenvalue weighted by molar-refractivity contribution is 0.0954. The van der Waals surface area contributed by atoms with Crippen molar-refractivity contribution in [1.82, 2.24) is 10.4 Å². The van der Waals surface area contributed by atoms with E-state index in [4.69, 9.17) is 5.11 Å². The number of hydrogen-bond acceptors (Lipinski definition) is 4. The molecule has 1 heterocycles. The van der Waals surface area contributed by atoms with Crippen LogP contribution in [0.1, 0.15) is 29.9 Å². The quantitative estimate of drug-likeness (QED) is 0.606. The maximum absolute atomic E-state index is 11.7. The number of aromatic nitrogens is 1. The third-order valence-corrected chi connectivity index (χ3v) is 2.15. The summed E-state index contributed by atoms with van der Waals surface area (Å²) in [5.41, 5.74) is 3.25. The van der Waals surface area contributed by atoms with E-state index in [0.29, 0.717) is 5.56 Å². The number of aliphatic hydroxyl groups is 1. The lowest BCUT2D eigenvalue weighted by atomic mass is 9.97. The van der Waals surface area contributed by atoms with Crippen molar-refractivity contribution in [2.75, 3.05) is 6.61 Å². The zero-order chi connectivity index (χ0) is 12.9. The molecule has 0 unspecified atom stereocenters. The van der Waals surface area contributed by atoms with Gasteiger partial charge in [0, 0.05) is 29.1 Å². The summed E-state index contributed by atoms with van der Waals surface area (Å²) in [4.78, 5) is 15.7. The van der Waals surface area contributed by atoms with Crippen molar-refractivity contribution < 1.29 is 9.90 Å². The normalized spacial score (nSPS) is 11.8. The Morgan fingerprint density at radius 3 is 2.94 bits per heavy atom. The number of hydrazone groups is 1.